The van der Waals surface area contributed by atoms with Gasteiger partial charge in [0.05, 0.1) is 5.92 Å². The molecule has 22 heavy (non-hydrogen) atoms. The number of benzene rings is 1. The van der Waals surface area contributed by atoms with Gasteiger partial charge in [0.25, 0.3) is 0 Å². The standard InChI is InChI=1S/C17H23N3O2/c1-12-4-3-5-15(13(12)2)19-6-8-20(9-7-19)17(22)14-10-16(21)18-11-14/h3-5,14H,6-11H2,1-2H3,(H,18,21)/t14-/m0/s1. The van der Waals surface area contributed by atoms with Crippen molar-refractivity contribution in [1.29, 1.82) is 0 Å². The molecular formula is C17H23N3O2. The SMILES string of the molecule is Cc1cccc(N2CCN(C(=O)[C@@H]3CNC(=O)C3)CC2)c1C. The number of nitrogens with zero attached hydrogens (tertiary/aromatic N) is 2. The minimum atomic E-state index is -0.167. The molecule has 0 spiro atoms. The fourth-order valence-corrected chi connectivity index (χ4v) is 3.28. The summed E-state index contributed by atoms with van der Waals surface area (Å²) in [5.41, 5.74) is 3.88. The minimum absolute atomic E-state index is 0.00706. The first kappa shape index (κ1) is 14.9. The van der Waals surface area contributed by atoms with Crippen molar-refractivity contribution in [2.24, 2.45) is 5.92 Å². The molecule has 2 heterocycles. The molecule has 0 aliphatic carbocycles. The molecule has 1 N–H and O–H groups in total. The molecule has 2 fully saturated rings. The summed E-state index contributed by atoms with van der Waals surface area (Å²) in [6.07, 6.45) is 0.343. The Morgan fingerprint density at radius 2 is 1.91 bits per heavy atom. The van der Waals surface area contributed by atoms with Gasteiger partial charge in [0.15, 0.2) is 0 Å². The zero-order valence-corrected chi connectivity index (χ0v) is 13.3. The number of hydrogen-bond donors (Lipinski definition) is 1. The zero-order valence-electron chi connectivity index (χ0n) is 13.3. The number of anilines is 1. The molecule has 118 valence electrons. The second-order valence-electron chi connectivity index (χ2n) is 6.24. The summed E-state index contributed by atoms with van der Waals surface area (Å²) in [7, 11) is 0. The lowest BCUT2D eigenvalue weighted by Gasteiger charge is -2.37. The summed E-state index contributed by atoms with van der Waals surface area (Å²) in [6, 6.07) is 6.37. The lowest BCUT2D eigenvalue weighted by Crippen LogP contribution is -2.50. The number of carbonyl (C=O) groups excluding carboxylic acids is 2. The van der Waals surface area contributed by atoms with E-state index in [4.69, 9.17) is 0 Å². The van der Waals surface area contributed by atoms with Crippen molar-refractivity contribution < 1.29 is 9.59 Å². The van der Waals surface area contributed by atoms with Gasteiger partial charge in [0, 0.05) is 44.8 Å². The van der Waals surface area contributed by atoms with Gasteiger partial charge in [-0.3, -0.25) is 9.59 Å². The van der Waals surface area contributed by atoms with E-state index in [1.807, 2.05) is 4.90 Å². The van der Waals surface area contributed by atoms with E-state index in [-0.39, 0.29) is 17.7 Å². The average Bonchev–Trinajstić information content (AvgIpc) is 2.96. The monoisotopic (exact) mass is 301 g/mol. The molecule has 0 radical (unpaired) electrons. The molecule has 0 bridgehead atoms. The first-order valence-electron chi connectivity index (χ1n) is 7.93. The van der Waals surface area contributed by atoms with Crippen LogP contribution in [-0.4, -0.2) is 49.4 Å². The summed E-state index contributed by atoms with van der Waals surface area (Å²) >= 11 is 0. The van der Waals surface area contributed by atoms with Crippen LogP contribution < -0.4 is 10.2 Å². The predicted molar refractivity (Wildman–Crippen MR) is 85.8 cm³/mol. The maximum Gasteiger partial charge on any atom is 0.228 e. The first-order valence-corrected chi connectivity index (χ1v) is 7.93. The van der Waals surface area contributed by atoms with Gasteiger partial charge in [-0.1, -0.05) is 12.1 Å². The van der Waals surface area contributed by atoms with Crippen molar-refractivity contribution in [3.05, 3.63) is 29.3 Å². The Hall–Kier alpha value is -2.04. The fraction of sp³-hybridized carbons (Fsp3) is 0.529. The smallest absolute Gasteiger partial charge is 0.228 e. The molecule has 5 nitrogen and oxygen atoms in total. The maximum atomic E-state index is 12.4. The van der Waals surface area contributed by atoms with Crippen LogP contribution in [0.5, 0.6) is 0 Å². The van der Waals surface area contributed by atoms with Gasteiger partial charge in [-0.2, -0.15) is 0 Å². The minimum Gasteiger partial charge on any atom is -0.368 e. The van der Waals surface area contributed by atoms with Crippen molar-refractivity contribution in [2.45, 2.75) is 20.3 Å². The fourth-order valence-electron chi connectivity index (χ4n) is 3.28. The third kappa shape index (κ3) is 2.80. The van der Waals surface area contributed by atoms with Crippen LogP contribution in [0.15, 0.2) is 18.2 Å². The second kappa shape index (κ2) is 5.99. The Morgan fingerprint density at radius 1 is 1.18 bits per heavy atom. The molecule has 2 aliphatic heterocycles. The number of piperazine rings is 1. The molecule has 5 heteroatoms. The third-order valence-electron chi connectivity index (χ3n) is 4.83. The molecule has 1 aromatic rings. The number of nitrogens with one attached hydrogen (secondary N) is 1. The lowest BCUT2D eigenvalue weighted by molar-refractivity contribution is -0.136. The van der Waals surface area contributed by atoms with E-state index < -0.39 is 0 Å². The van der Waals surface area contributed by atoms with Gasteiger partial charge in [0.1, 0.15) is 0 Å². The largest absolute Gasteiger partial charge is 0.368 e. The summed E-state index contributed by atoms with van der Waals surface area (Å²) < 4.78 is 0. The molecule has 2 aliphatic rings. The molecule has 1 atom stereocenters. The topological polar surface area (TPSA) is 52.6 Å². The Kier molecular flexibility index (Phi) is 4.05. The van der Waals surface area contributed by atoms with E-state index in [2.05, 4.69) is 42.3 Å². The van der Waals surface area contributed by atoms with Gasteiger partial charge in [-0.05, 0) is 31.0 Å². The molecule has 0 aromatic heterocycles. The van der Waals surface area contributed by atoms with Crippen LogP contribution in [0.4, 0.5) is 5.69 Å². The maximum absolute atomic E-state index is 12.4. The molecule has 0 saturated carbocycles. The van der Waals surface area contributed by atoms with E-state index in [1.165, 1.54) is 16.8 Å². The molecule has 0 unspecified atom stereocenters. The van der Waals surface area contributed by atoms with Gasteiger partial charge < -0.3 is 15.1 Å². The highest BCUT2D eigenvalue weighted by Gasteiger charge is 2.32. The van der Waals surface area contributed by atoms with Gasteiger partial charge >= 0.3 is 0 Å². The molecule has 2 amide bonds. The van der Waals surface area contributed by atoms with E-state index in [9.17, 15) is 9.59 Å². The van der Waals surface area contributed by atoms with E-state index in [1.54, 1.807) is 0 Å². The van der Waals surface area contributed by atoms with Crippen molar-refractivity contribution in [3.63, 3.8) is 0 Å². The zero-order chi connectivity index (χ0) is 15.7. The highest BCUT2D eigenvalue weighted by molar-refractivity contribution is 5.89. The van der Waals surface area contributed by atoms with E-state index in [0.717, 1.165) is 26.2 Å². The van der Waals surface area contributed by atoms with Crippen molar-refractivity contribution in [3.8, 4) is 0 Å². The van der Waals surface area contributed by atoms with Crippen LogP contribution in [0.25, 0.3) is 0 Å². The van der Waals surface area contributed by atoms with Gasteiger partial charge in [-0.15, -0.1) is 0 Å². The Bertz CT molecular complexity index is 592. The van der Waals surface area contributed by atoms with Gasteiger partial charge in [-0.25, -0.2) is 0 Å². The van der Waals surface area contributed by atoms with Crippen LogP contribution in [-0.2, 0) is 9.59 Å². The number of amides is 2. The Labute approximate surface area is 131 Å². The van der Waals surface area contributed by atoms with Crippen LogP contribution in [0.3, 0.4) is 0 Å². The number of rotatable bonds is 2. The van der Waals surface area contributed by atoms with Gasteiger partial charge in [0.2, 0.25) is 11.8 Å². The predicted octanol–water partition coefficient (Wildman–Crippen LogP) is 1.09. The Balaban J connectivity index is 1.62. The highest BCUT2D eigenvalue weighted by Crippen LogP contribution is 2.24. The number of hydrogen-bond acceptors (Lipinski definition) is 3. The molecular weight excluding hydrogens is 278 g/mol. The van der Waals surface area contributed by atoms with Crippen molar-refractivity contribution >= 4 is 17.5 Å². The van der Waals surface area contributed by atoms with Crippen LogP contribution in [0.2, 0.25) is 0 Å². The first-order chi connectivity index (χ1) is 10.6. The Morgan fingerprint density at radius 3 is 2.55 bits per heavy atom. The summed E-state index contributed by atoms with van der Waals surface area (Å²) in [4.78, 5) is 27.9. The number of carbonyl (C=O) groups is 2. The molecule has 3 rings (SSSR count). The van der Waals surface area contributed by atoms with E-state index >= 15 is 0 Å². The number of aryl methyl sites for hydroxylation is 1. The molecule has 1 aromatic carbocycles. The van der Waals surface area contributed by atoms with Crippen LogP contribution >= 0.6 is 0 Å². The highest BCUT2D eigenvalue weighted by atomic mass is 16.2. The molecule has 2 saturated heterocycles. The summed E-state index contributed by atoms with van der Waals surface area (Å²) in [5.74, 6) is -0.0499. The van der Waals surface area contributed by atoms with Crippen molar-refractivity contribution in [1.82, 2.24) is 10.2 Å². The second-order valence-corrected chi connectivity index (χ2v) is 6.24. The average molecular weight is 301 g/mol. The third-order valence-corrected chi connectivity index (χ3v) is 4.83. The van der Waals surface area contributed by atoms with Crippen LogP contribution in [0.1, 0.15) is 17.5 Å². The van der Waals surface area contributed by atoms with Crippen LogP contribution in [0, 0.1) is 19.8 Å². The van der Waals surface area contributed by atoms with Crippen molar-refractivity contribution in [2.75, 3.05) is 37.6 Å². The normalized spacial score (nSPS) is 21.9. The summed E-state index contributed by atoms with van der Waals surface area (Å²) in [6.45, 7) is 7.94. The lowest BCUT2D eigenvalue weighted by atomic mass is 10.1. The quantitative estimate of drug-likeness (QED) is 0.889. The van der Waals surface area contributed by atoms with E-state index in [0.29, 0.717) is 13.0 Å². The summed E-state index contributed by atoms with van der Waals surface area (Å²) in [5, 5.41) is 2.74.